The van der Waals surface area contributed by atoms with Gasteiger partial charge in [0.15, 0.2) is 0 Å². The van der Waals surface area contributed by atoms with Crippen LogP contribution in [0.3, 0.4) is 0 Å². The summed E-state index contributed by atoms with van der Waals surface area (Å²) >= 11 is 0. The molecule has 26 heavy (non-hydrogen) atoms. The second-order valence-corrected chi connectivity index (χ2v) is 7.42. The van der Waals surface area contributed by atoms with Crippen molar-refractivity contribution in [3.8, 4) is 0 Å². The molecule has 148 valence electrons. The maximum absolute atomic E-state index is 13.3. The van der Waals surface area contributed by atoms with Gasteiger partial charge in [0, 0.05) is 62.9 Å². The van der Waals surface area contributed by atoms with E-state index in [-0.39, 0.29) is 12.5 Å². The molecule has 9 nitrogen and oxygen atoms in total. The molecule has 0 spiro atoms. The van der Waals surface area contributed by atoms with Crippen molar-refractivity contribution in [2.24, 2.45) is 5.92 Å². The summed E-state index contributed by atoms with van der Waals surface area (Å²) in [6, 6.07) is -0.466. The summed E-state index contributed by atoms with van der Waals surface area (Å²) in [5.74, 6) is -2.41. The van der Waals surface area contributed by atoms with Crippen molar-refractivity contribution in [3.63, 3.8) is 0 Å². The van der Waals surface area contributed by atoms with Crippen molar-refractivity contribution in [2.75, 3.05) is 62.9 Å². The minimum Gasteiger partial charge on any atom is -0.348 e. The monoisotopic (exact) mass is 369 g/mol. The van der Waals surface area contributed by atoms with Gasteiger partial charge >= 0.3 is 6.03 Å². The van der Waals surface area contributed by atoms with E-state index >= 15 is 0 Å². The highest BCUT2D eigenvalue weighted by molar-refractivity contribution is 6.15. The summed E-state index contributed by atoms with van der Waals surface area (Å²) in [7, 11) is 12.4. The maximum atomic E-state index is 13.3. The van der Waals surface area contributed by atoms with E-state index in [1.54, 1.807) is 28.2 Å². The van der Waals surface area contributed by atoms with Gasteiger partial charge in [-0.15, -0.1) is 0 Å². The van der Waals surface area contributed by atoms with Gasteiger partial charge in [-0.05, 0) is 12.8 Å². The Morgan fingerprint density at radius 1 is 0.769 bits per heavy atom. The number of likely N-dealkylation sites (N-methyl/N-ethyl adjacent to an activating group) is 2. The molecule has 0 N–H and O–H groups in total. The second kappa shape index (κ2) is 7.92. The molecule has 9 heteroatoms. The first-order valence-electron chi connectivity index (χ1n) is 8.54. The summed E-state index contributed by atoms with van der Waals surface area (Å²) in [6.07, 6.45) is 0.889. The topological polar surface area (TPSA) is 84.5 Å². The van der Waals surface area contributed by atoms with Crippen LogP contribution in [0.25, 0.3) is 0 Å². The number of carbonyl (C=O) groups is 4. The molecule has 1 fully saturated rings. The summed E-state index contributed by atoms with van der Waals surface area (Å²) in [6.45, 7) is 0.230. The summed E-state index contributed by atoms with van der Waals surface area (Å²) in [4.78, 5) is 59.0. The lowest BCUT2D eigenvalue weighted by Gasteiger charge is -2.51. The van der Waals surface area contributed by atoms with Crippen molar-refractivity contribution in [2.45, 2.75) is 18.4 Å². The largest absolute Gasteiger partial charge is 0.348 e. The van der Waals surface area contributed by atoms with E-state index < -0.39 is 29.3 Å². The van der Waals surface area contributed by atoms with Crippen LogP contribution in [0.1, 0.15) is 12.8 Å². The Labute approximate surface area is 155 Å². The van der Waals surface area contributed by atoms with Crippen LogP contribution in [0, 0.1) is 5.92 Å². The normalized spacial score (nSPS) is 18.8. The first kappa shape index (κ1) is 21.7. The van der Waals surface area contributed by atoms with Gasteiger partial charge in [0.25, 0.3) is 11.8 Å². The fraction of sp³-hybridized carbons (Fsp3) is 0.765. The Morgan fingerprint density at radius 3 is 1.58 bits per heavy atom. The number of urea groups is 1. The van der Waals surface area contributed by atoms with Gasteiger partial charge in [-0.25, -0.2) is 4.79 Å². The van der Waals surface area contributed by atoms with E-state index in [9.17, 15) is 19.2 Å². The fourth-order valence-corrected chi connectivity index (χ4v) is 3.43. The molecular weight excluding hydrogens is 338 g/mol. The first-order chi connectivity index (χ1) is 11.9. The van der Waals surface area contributed by atoms with Gasteiger partial charge in [0.05, 0.1) is 5.92 Å². The highest BCUT2D eigenvalue weighted by atomic mass is 16.2. The molecule has 1 aliphatic rings. The van der Waals surface area contributed by atoms with Crippen molar-refractivity contribution in [1.82, 2.24) is 24.5 Å². The van der Waals surface area contributed by atoms with Gasteiger partial charge in [-0.1, -0.05) is 0 Å². The lowest BCUT2D eigenvalue weighted by atomic mass is 9.73. The summed E-state index contributed by atoms with van der Waals surface area (Å²) < 4.78 is 0. The van der Waals surface area contributed by atoms with Crippen LogP contribution in [0.5, 0.6) is 0 Å². The summed E-state index contributed by atoms with van der Waals surface area (Å²) in [5.41, 5.74) is -1.89. The molecule has 0 aromatic heterocycles. The number of rotatable bonds is 3. The predicted octanol–water partition coefficient (Wildman–Crippen LogP) is -0.617. The fourth-order valence-electron chi connectivity index (χ4n) is 3.43. The molecule has 5 amide bonds. The van der Waals surface area contributed by atoms with Gasteiger partial charge in [-0.3, -0.25) is 14.4 Å². The van der Waals surface area contributed by atoms with Gasteiger partial charge in [0.2, 0.25) is 11.4 Å². The van der Waals surface area contributed by atoms with Crippen LogP contribution >= 0.6 is 0 Å². The molecule has 1 rings (SSSR count). The molecular formula is C17H31N5O4. The van der Waals surface area contributed by atoms with Gasteiger partial charge in [0.1, 0.15) is 0 Å². The number of nitrogens with zero attached hydrogens (tertiary/aromatic N) is 5. The van der Waals surface area contributed by atoms with Crippen molar-refractivity contribution >= 4 is 23.8 Å². The zero-order valence-electron chi connectivity index (χ0n) is 17.1. The van der Waals surface area contributed by atoms with Gasteiger partial charge in [-0.2, -0.15) is 0 Å². The highest BCUT2D eigenvalue weighted by Gasteiger charge is 2.63. The Kier molecular flexibility index (Phi) is 6.62. The third-order valence-electron chi connectivity index (χ3n) is 4.62. The average molecular weight is 369 g/mol. The van der Waals surface area contributed by atoms with E-state index in [1.807, 2.05) is 0 Å². The Balaban J connectivity index is 3.78. The zero-order valence-corrected chi connectivity index (χ0v) is 17.1. The highest BCUT2D eigenvalue weighted by Crippen LogP contribution is 2.38. The number of hydrogen-bond acceptors (Lipinski definition) is 4. The lowest BCUT2D eigenvalue weighted by Crippen LogP contribution is -2.75. The Morgan fingerprint density at radius 2 is 1.23 bits per heavy atom. The molecule has 1 heterocycles. The average Bonchev–Trinajstić information content (AvgIpc) is 2.57. The van der Waals surface area contributed by atoms with Crippen LogP contribution in [0.4, 0.5) is 4.79 Å². The van der Waals surface area contributed by atoms with Crippen molar-refractivity contribution < 1.29 is 19.2 Å². The zero-order chi connectivity index (χ0) is 20.4. The molecule has 1 unspecified atom stereocenters. The molecule has 1 saturated heterocycles. The van der Waals surface area contributed by atoms with Crippen LogP contribution in [-0.4, -0.2) is 117 Å². The SMILES string of the molecule is CN(C)C(=O)C1CCCN(C(=O)N(C)C)C1(C(=O)N(C)C)C(=O)N(C)C. The predicted molar refractivity (Wildman–Crippen MR) is 97.3 cm³/mol. The lowest BCUT2D eigenvalue weighted by molar-refractivity contribution is -0.168. The standard InChI is InChI=1S/C17H31N5O4/c1-18(2)13(23)12-10-9-11-22(16(26)21(7)8)17(12,14(24)19(3)4)15(25)20(5)6/h12H,9-11H2,1-8H3. The smallest absolute Gasteiger partial charge is 0.320 e. The van der Waals surface area contributed by atoms with Crippen molar-refractivity contribution in [1.29, 1.82) is 0 Å². The molecule has 1 aliphatic heterocycles. The Hall–Kier alpha value is -2.32. The quantitative estimate of drug-likeness (QED) is 0.621. The molecule has 0 bridgehead atoms. The molecule has 0 radical (unpaired) electrons. The Bertz CT molecular complexity index is 536. The van der Waals surface area contributed by atoms with Gasteiger partial charge < -0.3 is 24.5 Å². The number of amides is 5. The number of hydrogen-bond donors (Lipinski definition) is 0. The van der Waals surface area contributed by atoms with Crippen molar-refractivity contribution in [3.05, 3.63) is 0 Å². The maximum Gasteiger partial charge on any atom is 0.320 e. The third-order valence-corrected chi connectivity index (χ3v) is 4.62. The van der Waals surface area contributed by atoms with E-state index in [0.717, 1.165) is 0 Å². The minimum absolute atomic E-state index is 0.230. The number of likely N-dealkylation sites (tertiary alicyclic amines) is 1. The molecule has 0 aromatic carbocycles. The van der Waals surface area contributed by atoms with E-state index in [0.29, 0.717) is 12.8 Å². The van der Waals surface area contributed by atoms with E-state index in [2.05, 4.69) is 0 Å². The molecule has 0 aromatic rings. The molecule has 1 atom stereocenters. The van der Waals surface area contributed by atoms with Crippen LogP contribution < -0.4 is 0 Å². The molecule has 0 saturated carbocycles. The molecule has 0 aliphatic carbocycles. The van der Waals surface area contributed by atoms with Crippen LogP contribution in [0.2, 0.25) is 0 Å². The third kappa shape index (κ3) is 3.47. The summed E-state index contributed by atoms with van der Waals surface area (Å²) in [5, 5.41) is 0. The minimum atomic E-state index is -1.89. The van der Waals surface area contributed by atoms with Crippen LogP contribution in [0.15, 0.2) is 0 Å². The number of carbonyl (C=O) groups excluding carboxylic acids is 4. The number of piperidine rings is 1. The van der Waals surface area contributed by atoms with E-state index in [4.69, 9.17) is 0 Å². The second-order valence-electron chi connectivity index (χ2n) is 7.42. The first-order valence-corrected chi connectivity index (χ1v) is 8.54. The van der Waals surface area contributed by atoms with E-state index in [1.165, 1.54) is 52.7 Å². The van der Waals surface area contributed by atoms with Crippen LogP contribution in [-0.2, 0) is 14.4 Å².